The molecule has 2 heterocycles. The van der Waals surface area contributed by atoms with E-state index in [-0.39, 0.29) is 0 Å². The van der Waals surface area contributed by atoms with Gasteiger partial charge in [-0.1, -0.05) is 13.3 Å². The smallest absolute Gasteiger partial charge is 0.00216 e. The molecular formula is C15H31N3. The molecule has 106 valence electrons. The molecule has 0 aliphatic carbocycles. The number of piperidine rings is 1. The highest BCUT2D eigenvalue weighted by atomic mass is 15.2. The van der Waals surface area contributed by atoms with Crippen molar-refractivity contribution in [1.82, 2.24) is 9.80 Å². The third-order valence-corrected chi connectivity index (χ3v) is 4.85. The molecule has 0 bridgehead atoms. The molecule has 0 aromatic carbocycles. The molecule has 2 rings (SSSR count). The van der Waals surface area contributed by atoms with Crippen molar-refractivity contribution in [1.29, 1.82) is 0 Å². The van der Waals surface area contributed by atoms with Crippen molar-refractivity contribution in [2.45, 2.75) is 39.0 Å². The number of hydrogen-bond donors (Lipinski definition) is 1. The zero-order chi connectivity index (χ0) is 12.8. The third-order valence-electron chi connectivity index (χ3n) is 4.85. The first-order valence-electron chi connectivity index (χ1n) is 7.96. The maximum Gasteiger partial charge on any atom is 0.00216 e. The van der Waals surface area contributed by atoms with E-state index < -0.39 is 0 Å². The molecule has 2 fully saturated rings. The lowest BCUT2D eigenvalue weighted by molar-refractivity contribution is 0.138. The molecule has 18 heavy (non-hydrogen) atoms. The fraction of sp³-hybridized carbons (Fsp3) is 1.00. The van der Waals surface area contributed by atoms with Gasteiger partial charge in [0.25, 0.3) is 0 Å². The monoisotopic (exact) mass is 253 g/mol. The van der Waals surface area contributed by atoms with E-state index >= 15 is 0 Å². The van der Waals surface area contributed by atoms with Gasteiger partial charge >= 0.3 is 0 Å². The van der Waals surface area contributed by atoms with Crippen molar-refractivity contribution in [3.8, 4) is 0 Å². The second-order valence-corrected chi connectivity index (χ2v) is 6.26. The quantitative estimate of drug-likeness (QED) is 0.783. The van der Waals surface area contributed by atoms with Gasteiger partial charge in [0, 0.05) is 13.1 Å². The minimum atomic E-state index is 0.708. The number of nitrogens with zero attached hydrogens (tertiary/aromatic N) is 2. The summed E-state index contributed by atoms with van der Waals surface area (Å²) in [5, 5.41) is 0. The number of rotatable bonds is 6. The van der Waals surface area contributed by atoms with Gasteiger partial charge < -0.3 is 15.5 Å². The second-order valence-electron chi connectivity index (χ2n) is 6.26. The zero-order valence-electron chi connectivity index (χ0n) is 12.1. The van der Waals surface area contributed by atoms with E-state index in [2.05, 4.69) is 16.7 Å². The van der Waals surface area contributed by atoms with Crippen LogP contribution in [-0.2, 0) is 0 Å². The summed E-state index contributed by atoms with van der Waals surface area (Å²) in [4.78, 5) is 5.32. The SMILES string of the molecule is CCC(CN)CN1CCC(CN2CCCC2)CC1. The van der Waals surface area contributed by atoms with Crippen LogP contribution in [0.4, 0.5) is 0 Å². The molecule has 0 aromatic heterocycles. The first-order valence-corrected chi connectivity index (χ1v) is 7.96. The molecular weight excluding hydrogens is 222 g/mol. The van der Waals surface area contributed by atoms with Crippen LogP contribution in [0.3, 0.4) is 0 Å². The van der Waals surface area contributed by atoms with Gasteiger partial charge in [0.05, 0.1) is 0 Å². The van der Waals surface area contributed by atoms with Crippen LogP contribution in [0, 0.1) is 11.8 Å². The van der Waals surface area contributed by atoms with E-state index in [0.29, 0.717) is 5.92 Å². The fourth-order valence-corrected chi connectivity index (χ4v) is 3.42. The van der Waals surface area contributed by atoms with Gasteiger partial charge in [-0.3, -0.25) is 0 Å². The van der Waals surface area contributed by atoms with Gasteiger partial charge in [-0.2, -0.15) is 0 Å². The minimum Gasteiger partial charge on any atom is -0.330 e. The van der Waals surface area contributed by atoms with Crippen LogP contribution < -0.4 is 5.73 Å². The third kappa shape index (κ3) is 4.22. The van der Waals surface area contributed by atoms with Gasteiger partial charge in [-0.15, -0.1) is 0 Å². The van der Waals surface area contributed by atoms with Crippen LogP contribution in [0.2, 0.25) is 0 Å². The first kappa shape index (κ1) is 14.3. The summed E-state index contributed by atoms with van der Waals surface area (Å²) in [5.41, 5.74) is 5.80. The molecule has 0 radical (unpaired) electrons. The Hall–Kier alpha value is -0.120. The van der Waals surface area contributed by atoms with Crippen molar-refractivity contribution in [3.05, 3.63) is 0 Å². The highest BCUT2D eigenvalue weighted by Crippen LogP contribution is 2.21. The lowest BCUT2D eigenvalue weighted by Crippen LogP contribution is -2.41. The molecule has 0 spiro atoms. The Morgan fingerprint density at radius 1 is 1.06 bits per heavy atom. The number of nitrogens with two attached hydrogens (primary N) is 1. The van der Waals surface area contributed by atoms with Crippen LogP contribution in [0.25, 0.3) is 0 Å². The molecule has 3 nitrogen and oxygen atoms in total. The maximum atomic E-state index is 5.80. The Balaban J connectivity index is 1.64. The predicted octanol–water partition coefficient (Wildman–Crippen LogP) is 1.78. The van der Waals surface area contributed by atoms with Crippen LogP contribution in [0.15, 0.2) is 0 Å². The van der Waals surface area contributed by atoms with E-state index in [0.717, 1.165) is 12.5 Å². The maximum absolute atomic E-state index is 5.80. The summed E-state index contributed by atoms with van der Waals surface area (Å²) in [6, 6.07) is 0. The Bertz CT molecular complexity index is 202. The lowest BCUT2D eigenvalue weighted by atomic mass is 9.95. The standard InChI is InChI=1S/C15H31N3/c1-2-14(11-16)12-18-9-5-15(6-10-18)13-17-7-3-4-8-17/h14-15H,2-13,16H2,1H3. The lowest BCUT2D eigenvalue weighted by Gasteiger charge is -2.35. The number of hydrogen-bond acceptors (Lipinski definition) is 3. The van der Waals surface area contributed by atoms with E-state index in [4.69, 9.17) is 5.73 Å². The van der Waals surface area contributed by atoms with Crippen molar-refractivity contribution >= 4 is 0 Å². The Kier molecular flexibility index (Phi) is 5.93. The molecule has 0 aromatic rings. The van der Waals surface area contributed by atoms with Gasteiger partial charge in [0.2, 0.25) is 0 Å². The zero-order valence-corrected chi connectivity index (χ0v) is 12.1. The van der Waals surface area contributed by atoms with Crippen molar-refractivity contribution in [3.63, 3.8) is 0 Å². The van der Waals surface area contributed by atoms with E-state index in [1.54, 1.807) is 0 Å². The largest absolute Gasteiger partial charge is 0.330 e. The van der Waals surface area contributed by atoms with E-state index in [1.165, 1.54) is 71.4 Å². The second kappa shape index (κ2) is 7.46. The van der Waals surface area contributed by atoms with E-state index in [9.17, 15) is 0 Å². The molecule has 0 amide bonds. The summed E-state index contributed by atoms with van der Waals surface area (Å²) in [5.74, 6) is 1.66. The summed E-state index contributed by atoms with van der Waals surface area (Å²) in [7, 11) is 0. The Labute approximate surface area is 113 Å². The minimum absolute atomic E-state index is 0.708. The topological polar surface area (TPSA) is 32.5 Å². The van der Waals surface area contributed by atoms with Gasteiger partial charge in [0.1, 0.15) is 0 Å². The average Bonchev–Trinajstić information content (AvgIpc) is 2.91. The molecule has 1 unspecified atom stereocenters. The summed E-state index contributed by atoms with van der Waals surface area (Å²) in [6.45, 7) is 11.0. The van der Waals surface area contributed by atoms with Crippen molar-refractivity contribution in [2.75, 3.05) is 45.8 Å². The predicted molar refractivity (Wildman–Crippen MR) is 77.7 cm³/mol. The summed E-state index contributed by atoms with van der Waals surface area (Å²) in [6.07, 6.45) is 6.88. The molecule has 0 saturated carbocycles. The first-order chi connectivity index (χ1) is 8.81. The highest BCUT2D eigenvalue weighted by molar-refractivity contribution is 4.78. The van der Waals surface area contributed by atoms with E-state index in [1.807, 2.05) is 0 Å². The molecule has 2 saturated heterocycles. The van der Waals surface area contributed by atoms with Gasteiger partial charge in [0.15, 0.2) is 0 Å². The molecule has 3 heteroatoms. The van der Waals surface area contributed by atoms with Crippen molar-refractivity contribution < 1.29 is 0 Å². The molecule has 2 aliphatic rings. The van der Waals surface area contributed by atoms with Crippen molar-refractivity contribution in [2.24, 2.45) is 17.6 Å². The molecule has 1 atom stereocenters. The van der Waals surface area contributed by atoms with Crippen LogP contribution >= 0.6 is 0 Å². The summed E-state index contributed by atoms with van der Waals surface area (Å²) >= 11 is 0. The number of likely N-dealkylation sites (tertiary alicyclic amines) is 2. The van der Waals surface area contributed by atoms with Crippen LogP contribution in [-0.4, -0.2) is 55.6 Å². The fourth-order valence-electron chi connectivity index (χ4n) is 3.42. The van der Waals surface area contributed by atoms with Crippen LogP contribution in [0.5, 0.6) is 0 Å². The Morgan fingerprint density at radius 2 is 1.72 bits per heavy atom. The molecule has 2 N–H and O–H groups in total. The van der Waals surface area contributed by atoms with Crippen LogP contribution in [0.1, 0.15) is 39.0 Å². The average molecular weight is 253 g/mol. The Morgan fingerprint density at radius 3 is 2.28 bits per heavy atom. The van der Waals surface area contributed by atoms with Gasteiger partial charge in [-0.25, -0.2) is 0 Å². The van der Waals surface area contributed by atoms with Gasteiger partial charge in [-0.05, 0) is 70.2 Å². The normalized spacial score (nSPS) is 25.7. The highest BCUT2D eigenvalue weighted by Gasteiger charge is 2.23. The summed E-state index contributed by atoms with van der Waals surface area (Å²) < 4.78 is 0. The molecule has 2 aliphatic heterocycles.